The van der Waals surface area contributed by atoms with E-state index in [-0.39, 0.29) is 35.1 Å². The van der Waals surface area contributed by atoms with Crippen LogP contribution >= 0.6 is 0 Å². The van der Waals surface area contributed by atoms with Crippen LogP contribution in [-0.4, -0.2) is 30.3 Å². The van der Waals surface area contributed by atoms with Crippen LogP contribution in [0.3, 0.4) is 0 Å². The van der Waals surface area contributed by atoms with Crippen LogP contribution in [0, 0.1) is 18.8 Å². The number of benzene rings is 3. The standard InChI is InChI=1S/C30H28N2O5/c1-19-7-5-6-10-26(19)31-27(33)18-37-30(36)21-11-14-23(15-12-21)32-28(34)24-16-13-22(17-25(24)29(32)35)20-8-3-2-4-9-20/h2-12,14-15,22,24-25H,13,16-18H2,1H3,(H,31,33)/t22-,24-,25-/m1/s1. The molecule has 3 aromatic carbocycles. The number of carbonyl (C=O) groups is 4. The van der Waals surface area contributed by atoms with Gasteiger partial charge in [-0.25, -0.2) is 4.79 Å². The van der Waals surface area contributed by atoms with Crippen LogP contribution in [0.4, 0.5) is 11.4 Å². The molecule has 3 atom stereocenters. The largest absolute Gasteiger partial charge is 0.452 e. The van der Waals surface area contributed by atoms with Gasteiger partial charge in [-0.05, 0) is 73.6 Å². The van der Waals surface area contributed by atoms with Crippen molar-refractivity contribution in [3.8, 4) is 0 Å². The second-order valence-corrected chi connectivity index (χ2v) is 9.63. The van der Waals surface area contributed by atoms with Crippen LogP contribution in [0.2, 0.25) is 0 Å². The van der Waals surface area contributed by atoms with Crippen LogP contribution in [0.5, 0.6) is 0 Å². The Balaban J connectivity index is 1.20. The third-order valence-electron chi connectivity index (χ3n) is 7.31. The molecular weight excluding hydrogens is 468 g/mol. The van der Waals surface area contributed by atoms with Gasteiger partial charge in [-0.1, -0.05) is 48.5 Å². The quantitative estimate of drug-likeness (QED) is 0.389. The Hall–Kier alpha value is -4.26. The Morgan fingerprint density at radius 1 is 0.865 bits per heavy atom. The van der Waals surface area contributed by atoms with Crippen LogP contribution in [0.1, 0.15) is 46.7 Å². The fraction of sp³-hybridized carbons (Fsp3) is 0.267. The van der Waals surface area contributed by atoms with E-state index in [1.807, 2.05) is 43.3 Å². The van der Waals surface area contributed by atoms with E-state index in [1.54, 1.807) is 18.2 Å². The molecule has 0 spiro atoms. The molecule has 3 aromatic rings. The normalized spacial score (nSPS) is 20.9. The zero-order valence-corrected chi connectivity index (χ0v) is 20.6. The number of hydrogen-bond donors (Lipinski definition) is 1. The molecule has 0 aromatic heterocycles. The van der Waals surface area contributed by atoms with Gasteiger partial charge in [0.25, 0.3) is 5.91 Å². The average Bonchev–Trinajstić information content (AvgIpc) is 3.18. The molecule has 2 aliphatic rings. The van der Waals surface area contributed by atoms with Gasteiger partial charge in [0, 0.05) is 5.69 Å². The number of rotatable bonds is 6. The number of nitrogens with one attached hydrogen (secondary N) is 1. The number of nitrogens with zero attached hydrogens (tertiary/aromatic N) is 1. The van der Waals surface area contributed by atoms with E-state index in [1.165, 1.54) is 22.6 Å². The molecule has 188 valence electrons. The molecule has 2 fully saturated rings. The van der Waals surface area contributed by atoms with Crippen LogP contribution in [-0.2, 0) is 19.1 Å². The van der Waals surface area contributed by atoms with E-state index in [0.717, 1.165) is 12.0 Å². The molecule has 0 radical (unpaired) electrons. The van der Waals surface area contributed by atoms with Crippen LogP contribution < -0.4 is 10.2 Å². The first-order chi connectivity index (χ1) is 17.9. The van der Waals surface area contributed by atoms with Gasteiger partial charge >= 0.3 is 5.97 Å². The maximum Gasteiger partial charge on any atom is 0.338 e. The highest BCUT2D eigenvalue weighted by Crippen LogP contribution is 2.45. The molecule has 7 heteroatoms. The third-order valence-corrected chi connectivity index (χ3v) is 7.31. The molecule has 1 saturated carbocycles. The Kier molecular flexibility index (Phi) is 6.86. The summed E-state index contributed by atoms with van der Waals surface area (Å²) < 4.78 is 5.14. The smallest absolute Gasteiger partial charge is 0.338 e. The fourth-order valence-electron chi connectivity index (χ4n) is 5.32. The summed E-state index contributed by atoms with van der Waals surface area (Å²) in [4.78, 5) is 52.3. The fourth-order valence-corrected chi connectivity index (χ4v) is 5.32. The molecule has 1 saturated heterocycles. The number of esters is 1. The number of imide groups is 1. The van der Waals surface area contributed by atoms with Crippen LogP contribution in [0.25, 0.3) is 0 Å². The van der Waals surface area contributed by atoms with E-state index in [4.69, 9.17) is 4.74 Å². The van der Waals surface area contributed by atoms with Crippen molar-refractivity contribution in [1.82, 2.24) is 0 Å². The summed E-state index contributed by atoms with van der Waals surface area (Å²) in [7, 11) is 0. The highest BCUT2D eigenvalue weighted by atomic mass is 16.5. The molecule has 1 heterocycles. The lowest BCUT2D eigenvalue weighted by Gasteiger charge is -2.28. The SMILES string of the molecule is Cc1ccccc1NC(=O)COC(=O)c1ccc(N2C(=O)[C@@H]3CC[C@@H](c4ccccc4)C[C@H]3C2=O)cc1. The predicted molar refractivity (Wildman–Crippen MR) is 139 cm³/mol. The Labute approximate surface area is 215 Å². The third kappa shape index (κ3) is 5.03. The first-order valence-electron chi connectivity index (χ1n) is 12.5. The van der Waals surface area contributed by atoms with E-state index in [2.05, 4.69) is 17.4 Å². The second-order valence-electron chi connectivity index (χ2n) is 9.63. The van der Waals surface area contributed by atoms with Crippen LogP contribution in [0.15, 0.2) is 78.9 Å². The van der Waals surface area contributed by atoms with Crippen molar-refractivity contribution < 1.29 is 23.9 Å². The number of para-hydroxylation sites is 1. The number of amides is 3. The van der Waals surface area contributed by atoms with Gasteiger partial charge in [0.15, 0.2) is 6.61 Å². The zero-order valence-electron chi connectivity index (χ0n) is 20.6. The minimum Gasteiger partial charge on any atom is -0.452 e. The van der Waals surface area contributed by atoms with Gasteiger partial charge < -0.3 is 10.1 Å². The second kappa shape index (κ2) is 10.4. The summed E-state index contributed by atoms with van der Waals surface area (Å²) >= 11 is 0. The predicted octanol–water partition coefficient (Wildman–Crippen LogP) is 4.86. The summed E-state index contributed by atoms with van der Waals surface area (Å²) in [6.07, 6.45) is 2.21. The molecule has 0 bridgehead atoms. The number of carbonyl (C=O) groups excluding carboxylic acids is 4. The highest BCUT2D eigenvalue weighted by molar-refractivity contribution is 6.22. The summed E-state index contributed by atoms with van der Waals surface area (Å²) in [5.41, 5.74) is 3.43. The summed E-state index contributed by atoms with van der Waals surface area (Å²) in [6, 6.07) is 23.6. The van der Waals surface area contributed by atoms with E-state index >= 15 is 0 Å². The molecule has 1 N–H and O–H groups in total. The van der Waals surface area contributed by atoms with E-state index < -0.39 is 18.5 Å². The maximum atomic E-state index is 13.3. The van der Waals surface area contributed by atoms with Crippen molar-refractivity contribution in [2.75, 3.05) is 16.8 Å². The monoisotopic (exact) mass is 496 g/mol. The minimum absolute atomic E-state index is 0.176. The number of fused-ring (bicyclic) bond motifs is 1. The lowest BCUT2D eigenvalue weighted by atomic mass is 9.73. The zero-order chi connectivity index (χ0) is 25.9. The summed E-state index contributed by atoms with van der Waals surface area (Å²) in [6.45, 7) is 1.44. The number of ether oxygens (including phenoxy) is 1. The van der Waals surface area contributed by atoms with Crippen molar-refractivity contribution in [2.24, 2.45) is 11.8 Å². The van der Waals surface area contributed by atoms with Gasteiger partial charge in [0.1, 0.15) is 0 Å². The topological polar surface area (TPSA) is 92.8 Å². The Bertz CT molecular complexity index is 1340. The van der Waals surface area contributed by atoms with Crippen molar-refractivity contribution in [1.29, 1.82) is 0 Å². The van der Waals surface area contributed by atoms with Gasteiger partial charge in [0.2, 0.25) is 11.8 Å². The lowest BCUT2D eigenvalue weighted by Crippen LogP contribution is -2.30. The Morgan fingerprint density at radius 3 is 2.27 bits per heavy atom. The van der Waals surface area contributed by atoms with Gasteiger partial charge in [-0.2, -0.15) is 0 Å². The molecule has 37 heavy (non-hydrogen) atoms. The summed E-state index contributed by atoms with van der Waals surface area (Å²) in [5, 5.41) is 2.71. The minimum atomic E-state index is -0.662. The number of anilines is 2. The van der Waals surface area contributed by atoms with Gasteiger partial charge in [-0.3, -0.25) is 19.3 Å². The molecule has 3 amide bonds. The first-order valence-corrected chi connectivity index (χ1v) is 12.5. The first kappa shape index (κ1) is 24.4. The van der Waals surface area contributed by atoms with Crippen molar-refractivity contribution >= 4 is 35.1 Å². The van der Waals surface area contributed by atoms with Crippen molar-refractivity contribution in [3.05, 3.63) is 95.6 Å². The van der Waals surface area contributed by atoms with Crippen molar-refractivity contribution in [3.63, 3.8) is 0 Å². The lowest BCUT2D eigenvalue weighted by molar-refractivity contribution is -0.122. The molecular formula is C30H28N2O5. The molecule has 5 rings (SSSR count). The van der Waals surface area contributed by atoms with Gasteiger partial charge in [0.05, 0.1) is 23.1 Å². The maximum absolute atomic E-state index is 13.3. The molecule has 1 aliphatic carbocycles. The van der Waals surface area contributed by atoms with Crippen molar-refractivity contribution in [2.45, 2.75) is 32.1 Å². The highest BCUT2D eigenvalue weighted by Gasteiger charge is 2.50. The number of aryl methyl sites for hydroxylation is 1. The number of hydrogen-bond acceptors (Lipinski definition) is 5. The van der Waals surface area contributed by atoms with Gasteiger partial charge in [-0.15, -0.1) is 0 Å². The Morgan fingerprint density at radius 2 is 1.54 bits per heavy atom. The molecule has 7 nitrogen and oxygen atoms in total. The van der Waals surface area contributed by atoms with E-state index in [0.29, 0.717) is 24.2 Å². The molecule has 0 unspecified atom stereocenters. The summed E-state index contributed by atoms with van der Waals surface area (Å²) in [5.74, 6) is -1.83. The average molecular weight is 497 g/mol. The van der Waals surface area contributed by atoms with E-state index in [9.17, 15) is 19.2 Å². The molecule has 1 aliphatic heterocycles.